The molecular formula is C21H16N4O5S2. The minimum Gasteiger partial charge on any atom is -0.465 e. The van der Waals surface area contributed by atoms with Crippen molar-refractivity contribution in [1.82, 2.24) is 15.4 Å². The average Bonchev–Trinajstić information content (AvgIpc) is 3.22. The van der Waals surface area contributed by atoms with Crippen LogP contribution in [0, 0.1) is 0 Å². The first-order valence-electron chi connectivity index (χ1n) is 9.50. The van der Waals surface area contributed by atoms with Crippen molar-refractivity contribution in [2.75, 3.05) is 18.1 Å². The highest BCUT2D eigenvalue weighted by Gasteiger charge is 2.43. The second-order valence-electron chi connectivity index (χ2n) is 6.60. The van der Waals surface area contributed by atoms with E-state index in [1.807, 2.05) is 0 Å². The Hall–Kier alpha value is -3.57. The quantitative estimate of drug-likeness (QED) is 0.403. The van der Waals surface area contributed by atoms with Crippen LogP contribution in [-0.2, 0) is 19.1 Å². The predicted octanol–water partition coefficient (Wildman–Crippen LogP) is 1.91. The van der Waals surface area contributed by atoms with Crippen molar-refractivity contribution in [3.05, 3.63) is 64.8 Å². The summed E-state index contributed by atoms with van der Waals surface area (Å²) < 4.78 is 5.04. The number of nitrogens with one attached hydrogen (secondary N) is 1. The van der Waals surface area contributed by atoms with Crippen LogP contribution in [0.25, 0.3) is 5.57 Å². The van der Waals surface area contributed by atoms with E-state index < -0.39 is 23.7 Å². The smallest absolute Gasteiger partial charge is 0.326 e. The third-order valence-corrected chi connectivity index (χ3v) is 6.04. The van der Waals surface area contributed by atoms with E-state index in [4.69, 9.17) is 17.0 Å². The summed E-state index contributed by atoms with van der Waals surface area (Å²) in [6.45, 7) is 1.58. The van der Waals surface area contributed by atoms with Gasteiger partial charge >= 0.3 is 5.97 Å². The molecule has 11 heteroatoms. The highest BCUT2D eigenvalue weighted by molar-refractivity contribution is 8.26. The van der Waals surface area contributed by atoms with Crippen LogP contribution in [0.2, 0.25) is 0 Å². The molecule has 0 bridgehead atoms. The molecule has 9 nitrogen and oxygen atoms in total. The largest absolute Gasteiger partial charge is 0.465 e. The van der Waals surface area contributed by atoms with Crippen molar-refractivity contribution in [2.24, 2.45) is 0 Å². The third-order valence-electron chi connectivity index (χ3n) is 4.67. The number of esters is 1. The number of thiocarbonyl (C=S) groups is 1. The number of hydrogen-bond acceptors (Lipinski definition) is 8. The summed E-state index contributed by atoms with van der Waals surface area (Å²) in [5.41, 5.74) is 3.89. The SMILES string of the molecule is CCOC(=O)CN1C(=O)C(=C2SC(=S)N(NC(=O)c3ccncc3)C2=O)c2ccccc21. The minimum atomic E-state index is -0.626. The number of hydrazine groups is 1. The molecule has 0 atom stereocenters. The number of anilines is 1. The van der Waals surface area contributed by atoms with Gasteiger partial charge < -0.3 is 4.74 Å². The molecule has 0 saturated carbocycles. The molecule has 0 aliphatic carbocycles. The molecule has 1 N–H and O–H groups in total. The molecule has 3 amide bonds. The molecule has 0 unspecified atom stereocenters. The summed E-state index contributed by atoms with van der Waals surface area (Å²) in [7, 11) is 0. The predicted molar refractivity (Wildman–Crippen MR) is 121 cm³/mol. The molecule has 0 radical (unpaired) electrons. The Labute approximate surface area is 192 Å². The number of nitrogens with zero attached hydrogens (tertiary/aromatic N) is 3. The molecule has 162 valence electrons. The molecule has 1 fully saturated rings. The normalized spacial score (nSPS) is 17.6. The molecule has 2 aromatic rings. The number of fused-ring (bicyclic) bond motifs is 1. The number of amides is 3. The summed E-state index contributed by atoms with van der Waals surface area (Å²) in [6.07, 6.45) is 2.90. The maximum atomic E-state index is 13.2. The van der Waals surface area contributed by atoms with Crippen molar-refractivity contribution in [1.29, 1.82) is 0 Å². The fourth-order valence-corrected chi connectivity index (χ4v) is 4.53. The number of carbonyl (C=O) groups is 4. The number of benzene rings is 1. The lowest BCUT2D eigenvalue weighted by Crippen LogP contribution is -2.45. The van der Waals surface area contributed by atoms with Gasteiger partial charge in [0.25, 0.3) is 17.7 Å². The van der Waals surface area contributed by atoms with E-state index in [1.54, 1.807) is 31.2 Å². The van der Waals surface area contributed by atoms with E-state index >= 15 is 0 Å². The van der Waals surface area contributed by atoms with Gasteiger partial charge in [-0.05, 0) is 37.3 Å². The van der Waals surface area contributed by atoms with E-state index in [9.17, 15) is 19.2 Å². The van der Waals surface area contributed by atoms with Crippen molar-refractivity contribution < 1.29 is 23.9 Å². The molecule has 32 heavy (non-hydrogen) atoms. The molecule has 3 heterocycles. The molecular weight excluding hydrogens is 452 g/mol. The number of ether oxygens (including phenoxy) is 1. The van der Waals surface area contributed by atoms with Crippen LogP contribution in [0.1, 0.15) is 22.8 Å². The van der Waals surface area contributed by atoms with Crippen LogP contribution in [0.3, 0.4) is 0 Å². The van der Waals surface area contributed by atoms with Gasteiger partial charge in [0, 0.05) is 23.5 Å². The molecule has 4 rings (SSSR count). The molecule has 1 saturated heterocycles. The van der Waals surface area contributed by atoms with Gasteiger partial charge in [0.05, 0.1) is 22.8 Å². The van der Waals surface area contributed by atoms with E-state index in [0.29, 0.717) is 16.8 Å². The Kier molecular flexibility index (Phi) is 6.01. The van der Waals surface area contributed by atoms with Gasteiger partial charge in [-0.1, -0.05) is 30.0 Å². The summed E-state index contributed by atoms with van der Waals surface area (Å²) in [6, 6.07) is 9.82. The third kappa shape index (κ3) is 3.87. The lowest BCUT2D eigenvalue weighted by Gasteiger charge is -2.16. The fraction of sp³-hybridized carbons (Fsp3) is 0.143. The second-order valence-corrected chi connectivity index (χ2v) is 8.25. The number of aromatic nitrogens is 1. The zero-order valence-electron chi connectivity index (χ0n) is 16.7. The van der Waals surface area contributed by atoms with Gasteiger partial charge in [-0.2, -0.15) is 5.01 Å². The average molecular weight is 469 g/mol. The molecule has 0 spiro atoms. The molecule has 2 aliphatic rings. The summed E-state index contributed by atoms with van der Waals surface area (Å²) in [5, 5.41) is 0.939. The zero-order valence-corrected chi connectivity index (χ0v) is 18.4. The molecule has 1 aromatic carbocycles. The number of thioether (sulfide) groups is 1. The van der Waals surface area contributed by atoms with Crippen molar-refractivity contribution in [3.8, 4) is 0 Å². The van der Waals surface area contributed by atoms with Gasteiger partial charge in [-0.25, -0.2) is 0 Å². The number of hydrogen-bond donors (Lipinski definition) is 1. The van der Waals surface area contributed by atoms with Crippen LogP contribution >= 0.6 is 24.0 Å². The topological polar surface area (TPSA) is 109 Å². The highest BCUT2D eigenvalue weighted by Crippen LogP contribution is 2.44. The van der Waals surface area contributed by atoms with Crippen molar-refractivity contribution >= 4 is 63.3 Å². The van der Waals surface area contributed by atoms with Crippen molar-refractivity contribution in [3.63, 3.8) is 0 Å². The van der Waals surface area contributed by atoms with Gasteiger partial charge in [0.2, 0.25) is 0 Å². The van der Waals surface area contributed by atoms with E-state index in [2.05, 4.69) is 10.4 Å². The number of rotatable bonds is 5. The van der Waals surface area contributed by atoms with Gasteiger partial charge in [0.1, 0.15) is 6.54 Å². The Bertz CT molecular complexity index is 1180. The number of carbonyl (C=O) groups excluding carboxylic acids is 4. The first-order valence-corrected chi connectivity index (χ1v) is 10.7. The Morgan fingerprint density at radius 1 is 1.12 bits per heavy atom. The van der Waals surface area contributed by atoms with Crippen LogP contribution in [0.4, 0.5) is 5.69 Å². The Morgan fingerprint density at radius 2 is 1.84 bits per heavy atom. The van der Waals surface area contributed by atoms with Gasteiger partial charge in [-0.3, -0.25) is 34.5 Å². The van der Waals surface area contributed by atoms with Crippen LogP contribution < -0.4 is 10.3 Å². The fourth-order valence-electron chi connectivity index (χ4n) is 3.28. The first kappa shape index (κ1) is 21.7. The van der Waals surface area contributed by atoms with Gasteiger partial charge in [0.15, 0.2) is 4.32 Å². The summed E-state index contributed by atoms with van der Waals surface area (Å²) in [5.74, 6) is -2.25. The van der Waals surface area contributed by atoms with E-state index in [-0.39, 0.29) is 28.0 Å². The summed E-state index contributed by atoms with van der Waals surface area (Å²) in [4.78, 5) is 56.0. The van der Waals surface area contributed by atoms with Crippen LogP contribution in [0.15, 0.2) is 53.7 Å². The van der Waals surface area contributed by atoms with E-state index in [1.165, 1.54) is 29.4 Å². The monoisotopic (exact) mass is 468 g/mol. The van der Waals surface area contributed by atoms with Gasteiger partial charge in [-0.15, -0.1) is 0 Å². The summed E-state index contributed by atoms with van der Waals surface area (Å²) >= 11 is 6.19. The Balaban J connectivity index is 1.66. The number of para-hydroxylation sites is 1. The first-order chi connectivity index (χ1) is 15.4. The lowest BCUT2D eigenvalue weighted by molar-refractivity contribution is -0.142. The van der Waals surface area contributed by atoms with Crippen LogP contribution in [0.5, 0.6) is 0 Å². The zero-order chi connectivity index (χ0) is 22.8. The second kappa shape index (κ2) is 8.89. The van der Waals surface area contributed by atoms with Crippen LogP contribution in [-0.4, -0.2) is 51.2 Å². The maximum Gasteiger partial charge on any atom is 0.326 e. The maximum absolute atomic E-state index is 13.2. The number of pyridine rings is 1. The van der Waals surface area contributed by atoms with E-state index in [0.717, 1.165) is 16.8 Å². The minimum absolute atomic E-state index is 0.0776. The lowest BCUT2D eigenvalue weighted by atomic mass is 10.1. The molecule has 2 aliphatic heterocycles. The Morgan fingerprint density at radius 3 is 2.56 bits per heavy atom. The highest BCUT2D eigenvalue weighted by atomic mass is 32.2. The molecule has 1 aromatic heterocycles. The standard InChI is InChI=1S/C21H16N4O5S2/c1-2-30-15(26)11-24-14-6-4-3-5-13(14)16(19(24)28)17-20(29)25(21(31)32-17)23-18(27)12-7-9-22-10-8-12/h3-10H,2,11H2,1H3,(H,23,27). The van der Waals surface area contributed by atoms with Crippen molar-refractivity contribution in [2.45, 2.75) is 6.92 Å².